The van der Waals surface area contributed by atoms with Crippen LogP contribution in [0.4, 0.5) is 0 Å². The third-order valence-electron chi connectivity index (χ3n) is 6.06. The van der Waals surface area contributed by atoms with E-state index in [4.69, 9.17) is 16.3 Å². The topological polar surface area (TPSA) is 53.6 Å². The molecule has 0 unspecified atom stereocenters. The first kappa shape index (κ1) is 21.6. The van der Waals surface area contributed by atoms with Crippen LogP contribution in [0.2, 0.25) is 5.02 Å². The summed E-state index contributed by atoms with van der Waals surface area (Å²) in [7, 11) is 1.65. The lowest BCUT2D eigenvalue weighted by molar-refractivity contribution is -0.125. The lowest BCUT2D eigenvalue weighted by Crippen LogP contribution is -2.43. The van der Waals surface area contributed by atoms with Gasteiger partial charge in [-0.3, -0.25) is 9.69 Å². The zero-order chi connectivity index (χ0) is 19.8. The fraction of sp³-hybridized carbons (Fsp3) is 0.682. The van der Waals surface area contributed by atoms with E-state index in [1.807, 2.05) is 24.3 Å². The summed E-state index contributed by atoms with van der Waals surface area (Å²) in [5, 5.41) is 7.53. The van der Waals surface area contributed by atoms with Crippen LogP contribution >= 0.6 is 11.6 Å². The first-order valence-electron chi connectivity index (χ1n) is 10.6. The van der Waals surface area contributed by atoms with Gasteiger partial charge in [-0.25, -0.2) is 0 Å². The van der Waals surface area contributed by atoms with Crippen molar-refractivity contribution in [1.29, 1.82) is 0 Å². The number of nitrogens with zero attached hydrogens (tertiary/aromatic N) is 1. The van der Waals surface area contributed by atoms with E-state index in [2.05, 4.69) is 15.5 Å². The smallest absolute Gasteiger partial charge is 0.237 e. The van der Waals surface area contributed by atoms with Crippen LogP contribution in [-0.4, -0.2) is 56.2 Å². The van der Waals surface area contributed by atoms with Crippen molar-refractivity contribution in [1.82, 2.24) is 15.5 Å². The number of hydrogen-bond acceptors (Lipinski definition) is 4. The number of rotatable bonds is 9. The molecule has 0 spiro atoms. The van der Waals surface area contributed by atoms with Crippen molar-refractivity contribution in [2.24, 2.45) is 5.92 Å². The molecule has 0 aromatic heterocycles. The maximum absolute atomic E-state index is 12.8. The molecule has 2 aliphatic rings. The number of halogens is 1. The zero-order valence-corrected chi connectivity index (χ0v) is 17.7. The van der Waals surface area contributed by atoms with Crippen molar-refractivity contribution in [3.05, 3.63) is 34.9 Å². The van der Waals surface area contributed by atoms with E-state index < -0.39 is 0 Å². The lowest BCUT2D eigenvalue weighted by Gasteiger charge is -2.24. The molecule has 2 atom stereocenters. The second kappa shape index (κ2) is 11.1. The Kier molecular flexibility index (Phi) is 8.59. The number of hydrogen-bond donors (Lipinski definition) is 2. The molecule has 5 nitrogen and oxygen atoms in total. The minimum atomic E-state index is -0.128. The standard InChI is InChI=1S/C22H34ClN3O2/c1-28-12-11-24-22(27)21-13-19(25-14-17-7-3-2-4-8-17)16-26(21)15-18-9-5-6-10-20(18)23/h5-6,9-10,17,19,21,25H,2-4,7-8,11-16H2,1H3,(H,24,27)/t19-,21-/m0/s1. The predicted molar refractivity (Wildman–Crippen MR) is 114 cm³/mol. The molecule has 2 N–H and O–H groups in total. The molecule has 156 valence electrons. The van der Waals surface area contributed by atoms with Crippen molar-refractivity contribution in [3.63, 3.8) is 0 Å². The number of benzene rings is 1. The van der Waals surface area contributed by atoms with Crippen molar-refractivity contribution < 1.29 is 9.53 Å². The summed E-state index contributed by atoms with van der Waals surface area (Å²) in [5.41, 5.74) is 1.08. The zero-order valence-electron chi connectivity index (χ0n) is 17.0. The average Bonchev–Trinajstić information content (AvgIpc) is 3.12. The summed E-state index contributed by atoms with van der Waals surface area (Å²) in [5.74, 6) is 0.881. The lowest BCUT2D eigenvalue weighted by atomic mass is 9.89. The first-order valence-corrected chi connectivity index (χ1v) is 11.0. The number of methoxy groups -OCH3 is 1. The molecule has 0 bridgehead atoms. The van der Waals surface area contributed by atoms with Crippen LogP contribution in [0.15, 0.2) is 24.3 Å². The summed E-state index contributed by atoms with van der Waals surface area (Å²) in [6.45, 7) is 3.73. The predicted octanol–water partition coefficient (Wildman–Crippen LogP) is 3.22. The molecule has 1 saturated carbocycles. The van der Waals surface area contributed by atoms with Gasteiger partial charge < -0.3 is 15.4 Å². The molecule has 28 heavy (non-hydrogen) atoms. The van der Waals surface area contributed by atoms with Crippen LogP contribution in [-0.2, 0) is 16.1 Å². The Morgan fingerprint density at radius 3 is 2.79 bits per heavy atom. The molecule has 1 aliphatic heterocycles. The maximum Gasteiger partial charge on any atom is 0.237 e. The molecule has 1 amide bonds. The Morgan fingerprint density at radius 2 is 2.04 bits per heavy atom. The number of carbonyl (C=O) groups excluding carboxylic acids is 1. The average molecular weight is 408 g/mol. The van der Waals surface area contributed by atoms with Gasteiger partial charge in [0.15, 0.2) is 0 Å². The fourth-order valence-corrected chi connectivity index (χ4v) is 4.66. The van der Waals surface area contributed by atoms with Crippen LogP contribution in [0.25, 0.3) is 0 Å². The van der Waals surface area contributed by atoms with Crippen LogP contribution in [0.1, 0.15) is 44.1 Å². The summed E-state index contributed by atoms with van der Waals surface area (Å²) in [4.78, 5) is 15.1. The Morgan fingerprint density at radius 1 is 1.25 bits per heavy atom. The third-order valence-corrected chi connectivity index (χ3v) is 6.43. The molecule has 1 aromatic carbocycles. The van der Waals surface area contributed by atoms with Gasteiger partial charge in [-0.05, 0) is 43.4 Å². The van der Waals surface area contributed by atoms with Crippen molar-refractivity contribution in [2.75, 3.05) is 33.4 Å². The normalized spacial score (nSPS) is 23.8. The number of ether oxygens (including phenoxy) is 1. The van der Waals surface area contributed by atoms with Gasteiger partial charge in [0.1, 0.15) is 0 Å². The number of carbonyl (C=O) groups is 1. The molecule has 0 radical (unpaired) electrons. The van der Waals surface area contributed by atoms with Crippen LogP contribution in [0.5, 0.6) is 0 Å². The molecule has 1 aromatic rings. The molecular weight excluding hydrogens is 374 g/mol. The minimum Gasteiger partial charge on any atom is -0.383 e. The molecule has 1 heterocycles. The highest BCUT2D eigenvalue weighted by Crippen LogP contribution is 2.26. The maximum atomic E-state index is 12.8. The van der Waals surface area contributed by atoms with Gasteiger partial charge in [0.2, 0.25) is 5.91 Å². The molecule has 2 fully saturated rings. The Labute approximate surface area is 174 Å². The Hall–Kier alpha value is -1.14. The molecule has 6 heteroatoms. The number of nitrogens with one attached hydrogen (secondary N) is 2. The highest BCUT2D eigenvalue weighted by molar-refractivity contribution is 6.31. The van der Waals surface area contributed by atoms with Gasteiger partial charge in [0.25, 0.3) is 0 Å². The summed E-state index contributed by atoms with van der Waals surface area (Å²) in [6, 6.07) is 8.13. The van der Waals surface area contributed by atoms with Crippen LogP contribution < -0.4 is 10.6 Å². The Bertz CT molecular complexity index is 622. The minimum absolute atomic E-state index is 0.0890. The highest BCUT2D eigenvalue weighted by atomic mass is 35.5. The summed E-state index contributed by atoms with van der Waals surface area (Å²) < 4.78 is 5.06. The van der Waals surface area contributed by atoms with Gasteiger partial charge in [-0.1, -0.05) is 49.1 Å². The summed E-state index contributed by atoms with van der Waals surface area (Å²) in [6.07, 6.45) is 7.62. The van der Waals surface area contributed by atoms with E-state index in [1.165, 1.54) is 32.1 Å². The van der Waals surface area contributed by atoms with Crippen molar-refractivity contribution >= 4 is 17.5 Å². The van der Waals surface area contributed by atoms with E-state index in [0.29, 0.717) is 25.7 Å². The molecule has 3 rings (SSSR count). The van der Waals surface area contributed by atoms with Gasteiger partial charge in [-0.2, -0.15) is 0 Å². The molecular formula is C22H34ClN3O2. The fourth-order valence-electron chi connectivity index (χ4n) is 4.46. The number of amides is 1. The summed E-state index contributed by atoms with van der Waals surface area (Å²) >= 11 is 6.37. The number of likely N-dealkylation sites (tertiary alicyclic amines) is 1. The Balaban J connectivity index is 1.59. The highest BCUT2D eigenvalue weighted by Gasteiger charge is 2.36. The monoisotopic (exact) mass is 407 g/mol. The first-order chi connectivity index (χ1) is 13.7. The van der Waals surface area contributed by atoms with E-state index >= 15 is 0 Å². The van der Waals surface area contributed by atoms with Gasteiger partial charge >= 0.3 is 0 Å². The van der Waals surface area contributed by atoms with Gasteiger partial charge in [-0.15, -0.1) is 0 Å². The van der Waals surface area contributed by atoms with Gasteiger partial charge in [0, 0.05) is 37.8 Å². The van der Waals surface area contributed by atoms with Crippen LogP contribution in [0, 0.1) is 5.92 Å². The third kappa shape index (κ3) is 6.18. The molecule has 1 saturated heterocycles. The second-order valence-electron chi connectivity index (χ2n) is 8.17. The van der Waals surface area contributed by atoms with E-state index in [-0.39, 0.29) is 11.9 Å². The second-order valence-corrected chi connectivity index (χ2v) is 8.57. The van der Waals surface area contributed by atoms with Crippen LogP contribution in [0.3, 0.4) is 0 Å². The SMILES string of the molecule is COCCNC(=O)[C@@H]1C[C@H](NCC2CCCCC2)CN1Cc1ccccc1Cl. The largest absolute Gasteiger partial charge is 0.383 e. The van der Waals surface area contributed by atoms with Crippen molar-refractivity contribution in [3.8, 4) is 0 Å². The molecule has 1 aliphatic carbocycles. The van der Waals surface area contributed by atoms with E-state index in [1.54, 1.807) is 7.11 Å². The van der Waals surface area contributed by atoms with Gasteiger partial charge in [0.05, 0.1) is 12.6 Å². The van der Waals surface area contributed by atoms with E-state index in [9.17, 15) is 4.79 Å². The van der Waals surface area contributed by atoms with Crippen molar-refractivity contribution in [2.45, 2.75) is 57.2 Å². The van der Waals surface area contributed by atoms with E-state index in [0.717, 1.165) is 36.0 Å². The quantitative estimate of drug-likeness (QED) is 0.617.